The molecule has 0 radical (unpaired) electrons. The molecule has 61 heavy (non-hydrogen) atoms. The van der Waals surface area contributed by atoms with Crippen molar-refractivity contribution in [1.82, 2.24) is 19.6 Å². The van der Waals surface area contributed by atoms with Crippen molar-refractivity contribution in [1.29, 1.82) is 0 Å². The minimum atomic E-state index is -0.512. The van der Waals surface area contributed by atoms with Crippen molar-refractivity contribution in [2.45, 2.75) is 10.8 Å². The van der Waals surface area contributed by atoms with Crippen LogP contribution in [0.2, 0.25) is 0 Å². The highest BCUT2D eigenvalue weighted by Gasteiger charge is 2.55. The summed E-state index contributed by atoms with van der Waals surface area (Å²) in [5, 5.41) is 10.3. The molecule has 0 atom stereocenters. The van der Waals surface area contributed by atoms with Crippen LogP contribution in [-0.2, 0) is 10.8 Å². The molecule has 2 spiro atoms. The molecular weight excluding hydrogens is 745 g/mol. The number of nitrogens with zero attached hydrogens (tertiary/aromatic N) is 4. The molecule has 0 aliphatic heterocycles. The predicted octanol–water partition coefficient (Wildman–Crippen LogP) is 12.5. The van der Waals surface area contributed by atoms with Gasteiger partial charge in [0, 0.05) is 23.3 Å². The van der Waals surface area contributed by atoms with Gasteiger partial charge in [-0.2, -0.15) is 10.2 Å². The molecule has 0 saturated carbocycles. The zero-order valence-electron chi connectivity index (χ0n) is 32.8. The molecule has 10 aromatic rings. The normalized spacial score (nSPS) is 14.5. The van der Waals surface area contributed by atoms with Gasteiger partial charge >= 0.3 is 0 Å². The maximum Gasteiger partial charge on any atom is 0.129 e. The van der Waals surface area contributed by atoms with Gasteiger partial charge in [0.15, 0.2) is 0 Å². The Hall–Kier alpha value is -8.02. The Labute approximate surface area is 352 Å². The van der Waals surface area contributed by atoms with Crippen molar-refractivity contribution in [3.8, 4) is 67.4 Å². The summed E-state index contributed by atoms with van der Waals surface area (Å²) >= 11 is 0. The van der Waals surface area contributed by atoms with Crippen LogP contribution in [0.25, 0.3) is 55.9 Å². The molecule has 4 aliphatic carbocycles. The Morgan fingerprint density at radius 3 is 0.934 bits per heavy atom. The number of hydrogen-bond acceptors (Lipinski definition) is 3. The summed E-state index contributed by atoms with van der Waals surface area (Å²) in [6, 6.07) is 69.8. The highest BCUT2D eigenvalue weighted by Crippen LogP contribution is 2.64. The van der Waals surface area contributed by atoms with E-state index in [2.05, 4.69) is 191 Å². The highest BCUT2D eigenvalue weighted by molar-refractivity contribution is 5.96. The van der Waals surface area contributed by atoms with E-state index < -0.39 is 10.8 Å². The summed E-state index contributed by atoms with van der Waals surface area (Å²) in [7, 11) is 0. The van der Waals surface area contributed by atoms with Crippen molar-refractivity contribution < 1.29 is 4.74 Å². The van der Waals surface area contributed by atoms with Gasteiger partial charge in [-0.05, 0) is 91.0 Å². The van der Waals surface area contributed by atoms with E-state index >= 15 is 0 Å². The van der Waals surface area contributed by atoms with Crippen molar-refractivity contribution >= 4 is 0 Å². The number of benzene rings is 8. The van der Waals surface area contributed by atoms with Gasteiger partial charge in [0.25, 0.3) is 0 Å². The first-order valence-electron chi connectivity index (χ1n) is 20.9. The first-order chi connectivity index (χ1) is 30.3. The summed E-state index contributed by atoms with van der Waals surface area (Å²) in [6.07, 6.45) is 4.08. The van der Waals surface area contributed by atoms with Crippen molar-refractivity contribution in [2.24, 2.45) is 0 Å². The van der Waals surface area contributed by atoms with Crippen LogP contribution in [0.3, 0.4) is 0 Å². The Kier molecular flexibility index (Phi) is 6.36. The van der Waals surface area contributed by atoms with Crippen LogP contribution in [0.4, 0.5) is 0 Å². The number of hydrogen-bond donors (Lipinski definition) is 0. The molecule has 5 nitrogen and oxygen atoms in total. The molecule has 284 valence electrons. The van der Waals surface area contributed by atoms with Gasteiger partial charge in [-0.1, -0.05) is 158 Å². The average Bonchev–Trinajstić information content (AvgIpc) is 4.16. The largest absolute Gasteiger partial charge is 0.457 e. The van der Waals surface area contributed by atoms with Crippen LogP contribution in [-0.4, -0.2) is 19.6 Å². The van der Waals surface area contributed by atoms with Crippen LogP contribution < -0.4 is 4.74 Å². The van der Waals surface area contributed by atoms with E-state index in [0.29, 0.717) is 0 Å². The van der Waals surface area contributed by atoms with Crippen LogP contribution in [0.15, 0.2) is 207 Å². The van der Waals surface area contributed by atoms with E-state index in [1.54, 1.807) is 0 Å². The molecule has 2 heterocycles. The van der Waals surface area contributed by atoms with Crippen molar-refractivity contribution in [3.05, 3.63) is 251 Å². The van der Waals surface area contributed by atoms with Gasteiger partial charge in [0.2, 0.25) is 0 Å². The molecule has 0 fully saturated rings. The lowest BCUT2D eigenvalue weighted by atomic mass is 9.72. The molecule has 0 amide bonds. The lowest BCUT2D eigenvalue weighted by Gasteiger charge is -2.31. The van der Waals surface area contributed by atoms with E-state index in [0.717, 1.165) is 45.4 Å². The van der Waals surface area contributed by atoms with Gasteiger partial charge in [0.1, 0.15) is 11.5 Å². The van der Waals surface area contributed by atoms with E-state index in [4.69, 9.17) is 14.9 Å². The standard InChI is InChI=1S/C56H34N4O/c1-7-25-47-39(19-1)40-20-2-8-26-48(40)55(47)51-29-11-5-23-43(51)45-33-57-59(53(45)55)35-15-13-17-37(31-35)61-38-18-14-16-36(32-38)60-54-46(34-58-60)44-24-6-12-30-52(44)56(54)49-27-9-3-21-41(49)42-22-4-10-28-50(42)56/h1-34H. The van der Waals surface area contributed by atoms with Crippen LogP contribution in [0.1, 0.15) is 44.8 Å². The van der Waals surface area contributed by atoms with Gasteiger partial charge in [-0.3, -0.25) is 0 Å². The maximum absolute atomic E-state index is 6.79. The topological polar surface area (TPSA) is 44.9 Å². The van der Waals surface area contributed by atoms with E-state index in [1.807, 2.05) is 24.5 Å². The minimum Gasteiger partial charge on any atom is -0.457 e. The lowest BCUT2D eigenvalue weighted by molar-refractivity contribution is 0.481. The minimum absolute atomic E-state index is 0.512. The van der Waals surface area contributed by atoms with E-state index in [1.165, 1.54) is 66.8 Å². The SMILES string of the molecule is c1cc(Oc2cccc(-n3ncc4c3C3(c5ccccc5-c5ccccc53)c3ccccc3-4)c2)cc(-n2ncc3c2C2(c4ccccc4-c4ccccc42)c2ccccc2-3)c1. The molecule has 8 aromatic carbocycles. The molecule has 0 N–H and O–H groups in total. The zero-order chi connectivity index (χ0) is 39.9. The number of aromatic nitrogens is 4. The van der Waals surface area contributed by atoms with Crippen LogP contribution in [0, 0.1) is 0 Å². The van der Waals surface area contributed by atoms with Crippen LogP contribution >= 0.6 is 0 Å². The number of rotatable bonds is 4. The Balaban J connectivity index is 0.886. The van der Waals surface area contributed by atoms with Gasteiger partial charge in [-0.15, -0.1) is 0 Å². The Bertz CT molecular complexity index is 3170. The molecular formula is C56H34N4O. The summed E-state index contributed by atoms with van der Waals surface area (Å²) in [5.74, 6) is 1.45. The second kappa shape index (κ2) is 11.8. The number of fused-ring (bicyclic) bond motifs is 20. The average molecular weight is 779 g/mol. The lowest BCUT2D eigenvalue weighted by Crippen LogP contribution is -2.29. The Morgan fingerprint density at radius 1 is 0.311 bits per heavy atom. The number of ether oxygens (including phenoxy) is 1. The highest BCUT2D eigenvalue weighted by atomic mass is 16.5. The van der Waals surface area contributed by atoms with E-state index in [9.17, 15) is 0 Å². The van der Waals surface area contributed by atoms with Crippen molar-refractivity contribution in [2.75, 3.05) is 0 Å². The quantitative estimate of drug-likeness (QED) is 0.179. The summed E-state index contributed by atoms with van der Waals surface area (Å²) in [5.41, 5.74) is 20.7. The molecule has 0 saturated heterocycles. The second-order valence-corrected chi connectivity index (χ2v) is 16.5. The molecule has 0 unspecified atom stereocenters. The third kappa shape index (κ3) is 4.01. The summed E-state index contributed by atoms with van der Waals surface area (Å²) in [6.45, 7) is 0. The molecule has 0 bridgehead atoms. The molecule has 5 heteroatoms. The van der Waals surface area contributed by atoms with Gasteiger partial charge in [0.05, 0.1) is 46.0 Å². The zero-order valence-corrected chi connectivity index (χ0v) is 32.8. The predicted molar refractivity (Wildman–Crippen MR) is 240 cm³/mol. The second-order valence-electron chi connectivity index (χ2n) is 16.5. The van der Waals surface area contributed by atoms with Gasteiger partial charge in [-0.25, -0.2) is 9.36 Å². The third-order valence-electron chi connectivity index (χ3n) is 13.8. The first-order valence-corrected chi connectivity index (χ1v) is 20.9. The van der Waals surface area contributed by atoms with E-state index in [-0.39, 0.29) is 0 Å². The fourth-order valence-electron chi connectivity index (χ4n) is 11.6. The molecule has 4 aliphatic rings. The van der Waals surface area contributed by atoms with Gasteiger partial charge < -0.3 is 4.74 Å². The summed E-state index contributed by atoms with van der Waals surface area (Å²) < 4.78 is 11.1. The molecule has 14 rings (SSSR count). The maximum atomic E-state index is 6.79. The van der Waals surface area contributed by atoms with Crippen molar-refractivity contribution in [3.63, 3.8) is 0 Å². The fourth-order valence-corrected chi connectivity index (χ4v) is 11.6. The smallest absolute Gasteiger partial charge is 0.129 e. The monoisotopic (exact) mass is 778 g/mol. The Morgan fingerprint density at radius 2 is 0.607 bits per heavy atom. The third-order valence-corrected chi connectivity index (χ3v) is 13.8. The first kappa shape index (κ1) is 32.9. The molecule has 2 aromatic heterocycles. The van der Waals surface area contributed by atoms with Crippen LogP contribution in [0.5, 0.6) is 11.5 Å². The fraction of sp³-hybridized carbons (Fsp3) is 0.0357. The summed E-state index contributed by atoms with van der Waals surface area (Å²) in [4.78, 5) is 0.